The van der Waals surface area contributed by atoms with Gasteiger partial charge in [-0.25, -0.2) is 0 Å². The van der Waals surface area contributed by atoms with Crippen LogP contribution in [-0.2, 0) is 25.6 Å². The van der Waals surface area contributed by atoms with Crippen LogP contribution in [-0.4, -0.2) is 83.7 Å². The largest absolute Gasteiger partial charge is 0.445 e. The number of nitrogens with one attached hydrogen (secondary N) is 2. The molecule has 5 fully saturated rings. The second-order valence-electron chi connectivity index (χ2n) is 19.0. The Balaban J connectivity index is 0.829. The Morgan fingerprint density at radius 1 is 0.930 bits per heavy atom. The molecule has 0 spiro atoms. The van der Waals surface area contributed by atoms with Gasteiger partial charge < -0.3 is 30.2 Å². The Bertz CT molecular complexity index is 1580. The molecular formula is C46H72N4O7. The summed E-state index contributed by atoms with van der Waals surface area (Å²) in [6, 6.07) is 3.52. The fraction of sp³-hybridized carbons (Fsp3) is 0.783. The van der Waals surface area contributed by atoms with Gasteiger partial charge in [-0.1, -0.05) is 53.5 Å². The van der Waals surface area contributed by atoms with E-state index in [1.807, 2.05) is 0 Å². The van der Waals surface area contributed by atoms with Crippen LogP contribution in [0.2, 0.25) is 0 Å². The fourth-order valence-corrected chi connectivity index (χ4v) is 12.8. The van der Waals surface area contributed by atoms with E-state index in [2.05, 4.69) is 44.9 Å². The molecule has 0 bridgehead atoms. The monoisotopic (exact) mass is 793 g/mol. The standard InChI is InChI=1S/C46H72N4O7/c1-6-33-37-28-31(51)20-22-46(37,5)36-21-23-45(4)34(15-16-35(45)43(36)44(33)56)30(3)12-17-38(52)47-24-10-8-9-11-25-48-39(53)18-13-32-14-19-42(57-32)50-27-26-49(29-41(50)55)40(54)7-2/h7,14,19,30-31,33-37,43-44,51,56H,2,6,8-13,15-18,20-29H2,1,3-5H3,(H,47,52)(H,48,53)/t30-,31-,33?,34-,35+,36+,37?,43+,44-,45-,46-/m1/s1. The zero-order valence-electron chi connectivity index (χ0n) is 35.3. The van der Waals surface area contributed by atoms with Gasteiger partial charge in [0.2, 0.25) is 29.5 Å². The first kappa shape index (κ1) is 43.4. The summed E-state index contributed by atoms with van der Waals surface area (Å²) in [6.45, 7) is 15.1. The van der Waals surface area contributed by atoms with Crippen LogP contribution in [0.3, 0.4) is 0 Å². The highest BCUT2D eigenvalue weighted by Crippen LogP contribution is 2.69. The van der Waals surface area contributed by atoms with Crippen molar-refractivity contribution in [1.82, 2.24) is 15.5 Å². The topological polar surface area (TPSA) is 152 Å². The van der Waals surface area contributed by atoms with Crippen LogP contribution < -0.4 is 15.5 Å². The van der Waals surface area contributed by atoms with Crippen molar-refractivity contribution in [1.29, 1.82) is 0 Å². The number of piperazine rings is 1. The Morgan fingerprint density at radius 2 is 1.61 bits per heavy atom. The van der Waals surface area contributed by atoms with E-state index in [0.717, 1.165) is 57.8 Å². The molecule has 57 heavy (non-hydrogen) atoms. The Kier molecular flexibility index (Phi) is 14.3. The first-order valence-electron chi connectivity index (χ1n) is 22.5. The third-order valence-electron chi connectivity index (χ3n) is 15.9. The van der Waals surface area contributed by atoms with Crippen LogP contribution in [0.1, 0.15) is 130 Å². The molecule has 1 saturated heterocycles. The quantitative estimate of drug-likeness (QED) is 0.105. The number of aliphatic hydroxyl groups is 2. The van der Waals surface area contributed by atoms with Crippen molar-refractivity contribution >= 4 is 29.5 Å². The Labute approximate surface area is 341 Å². The van der Waals surface area contributed by atoms with Crippen LogP contribution in [0, 0.1) is 52.3 Å². The lowest BCUT2D eigenvalue weighted by atomic mass is 9.41. The van der Waals surface area contributed by atoms with Gasteiger partial charge in [0, 0.05) is 51.5 Å². The second kappa shape index (κ2) is 18.8. The predicted molar refractivity (Wildman–Crippen MR) is 221 cm³/mol. The van der Waals surface area contributed by atoms with Crippen LogP contribution in [0.25, 0.3) is 0 Å². The number of fused-ring (bicyclic) bond motifs is 5. The van der Waals surface area contributed by atoms with E-state index in [9.17, 15) is 29.4 Å². The summed E-state index contributed by atoms with van der Waals surface area (Å²) >= 11 is 0. The van der Waals surface area contributed by atoms with Gasteiger partial charge in [-0.15, -0.1) is 0 Å². The van der Waals surface area contributed by atoms with Crippen LogP contribution in [0.4, 0.5) is 5.88 Å². The maximum atomic E-state index is 12.9. The number of hydrogen-bond acceptors (Lipinski definition) is 7. The lowest BCUT2D eigenvalue weighted by Crippen LogP contribution is -2.62. The third-order valence-corrected chi connectivity index (χ3v) is 15.9. The highest BCUT2D eigenvalue weighted by Gasteiger charge is 2.64. The van der Waals surface area contributed by atoms with Gasteiger partial charge in [0.1, 0.15) is 12.3 Å². The number of hydrogen-bond donors (Lipinski definition) is 4. The van der Waals surface area contributed by atoms with E-state index in [-0.39, 0.29) is 59.1 Å². The number of aliphatic hydroxyl groups excluding tert-OH is 2. The predicted octanol–water partition coefficient (Wildman–Crippen LogP) is 6.41. The number of carbonyl (C=O) groups is 4. The van der Waals surface area contributed by atoms with E-state index >= 15 is 0 Å². The molecule has 5 aliphatic rings. The highest BCUT2D eigenvalue weighted by atomic mass is 16.4. The van der Waals surface area contributed by atoms with E-state index < -0.39 is 0 Å². The van der Waals surface area contributed by atoms with Crippen molar-refractivity contribution in [3.8, 4) is 0 Å². The van der Waals surface area contributed by atoms with Gasteiger partial charge in [0.15, 0.2) is 0 Å². The third kappa shape index (κ3) is 9.35. The van der Waals surface area contributed by atoms with Gasteiger partial charge in [0.05, 0.1) is 12.2 Å². The molecule has 2 unspecified atom stereocenters. The van der Waals surface area contributed by atoms with E-state index in [0.29, 0.717) is 92.6 Å². The zero-order chi connectivity index (χ0) is 40.9. The van der Waals surface area contributed by atoms with Gasteiger partial charge in [-0.2, -0.15) is 0 Å². The second-order valence-corrected chi connectivity index (χ2v) is 19.0. The number of rotatable bonds is 17. The summed E-state index contributed by atoms with van der Waals surface area (Å²) in [5, 5.41) is 28.7. The molecule has 0 aromatic carbocycles. The Morgan fingerprint density at radius 3 is 2.30 bits per heavy atom. The summed E-state index contributed by atoms with van der Waals surface area (Å²) in [4.78, 5) is 52.6. The van der Waals surface area contributed by atoms with Crippen LogP contribution in [0.15, 0.2) is 29.2 Å². The number of aryl methyl sites for hydroxylation is 1. The minimum absolute atomic E-state index is 0.0128. The molecule has 4 amide bonds. The fourth-order valence-electron chi connectivity index (χ4n) is 12.8. The molecule has 4 N–H and O–H groups in total. The molecular weight excluding hydrogens is 721 g/mol. The summed E-state index contributed by atoms with van der Waals surface area (Å²) in [7, 11) is 0. The van der Waals surface area contributed by atoms with Gasteiger partial charge >= 0.3 is 0 Å². The van der Waals surface area contributed by atoms with Crippen molar-refractivity contribution in [3.63, 3.8) is 0 Å². The van der Waals surface area contributed by atoms with E-state index in [1.54, 1.807) is 12.1 Å². The Hall–Kier alpha value is -3.18. The number of nitrogens with zero attached hydrogens (tertiary/aromatic N) is 2. The van der Waals surface area contributed by atoms with Crippen molar-refractivity contribution in [2.75, 3.05) is 37.6 Å². The van der Waals surface area contributed by atoms with E-state index in [4.69, 9.17) is 4.42 Å². The molecule has 1 aromatic rings. The minimum Gasteiger partial charge on any atom is -0.445 e. The lowest BCUT2D eigenvalue weighted by Gasteiger charge is -2.64. The SMILES string of the molecule is C=CC(=O)N1CCN(c2ccc(CCC(=O)NCCCCCCNC(=O)CC[C@@H](C)[C@H]3CC[C@H]4[C@@H]5[C@H](O)C(CC)C6C[C@H](O)CC[C@]6(C)[C@H]5CC[C@]34C)o2)C(=O)C1. The molecule has 1 aliphatic heterocycles. The minimum atomic E-state index is -0.271. The number of unbranched alkanes of at least 4 members (excludes halogenated alkanes) is 3. The first-order chi connectivity index (χ1) is 27.3. The van der Waals surface area contributed by atoms with Crippen LogP contribution in [0.5, 0.6) is 0 Å². The van der Waals surface area contributed by atoms with Crippen molar-refractivity contribution < 1.29 is 33.8 Å². The molecule has 1 aromatic heterocycles. The number of anilines is 1. The lowest BCUT2D eigenvalue weighted by molar-refractivity contribution is -0.203. The van der Waals surface area contributed by atoms with Gasteiger partial charge in [0.25, 0.3) is 0 Å². The molecule has 11 nitrogen and oxygen atoms in total. The molecule has 318 valence electrons. The first-order valence-corrected chi connectivity index (χ1v) is 22.5. The molecule has 4 saturated carbocycles. The van der Waals surface area contributed by atoms with Crippen molar-refractivity contribution in [3.05, 3.63) is 30.5 Å². The average Bonchev–Trinajstić information content (AvgIpc) is 3.82. The average molecular weight is 793 g/mol. The smallest absolute Gasteiger partial charge is 0.248 e. The number of furan rings is 1. The maximum Gasteiger partial charge on any atom is 0.248 e. The summed E-state index contributed by atoms with van der Waals surface area (Å²) < 4.78 is 5.84. The molecule has 6 rings (SSSR count). The maximum absolute atomic E-state index is 12.9. The molecule has 0 radical (unpaired) electrons. The van der Waals surface area contributed by atoms with E-state index in [1.165, 1.54) is 41.6 Å². The summed E-state index contributed by atoms with van der Waals surface area (Å²) in [6.07, 6.45) is 15.3. The molecule has 4 aliphatic carbocycles. The molecule has 2 heterocycles. The van der Waals surface area contributed by atoms with Crippen LogP contribution >= 0.6 is 0 Å². The highest BCUT2D eigenvalue weighted by molar-refractivity contribution is 5.98. The van der Waals surface area contributed by atoms with Crippen molar-refractivity contribution in [2.24, 2.45) is 52.3 Å². The zero-order valence-corrected chi connectivity index (χ0v) is 35.3. The number of carbonyl (C=O) groups excluding carboxylic acids is 4. The molecule has 11 heteroatoms. The van der Waals surface area contributed by atoms with Gasteiger partial charge in [-0.3, -0.25) is 24.1 Å². The summed E-state index contributed by atoms with van der Waals surface area (Å²) in [5.74, 6) is 3.89. The van der Waals surface area contributed by atoms with Crippen molar-refractivity contribution in [2.45, 2.75) is 143 Å². The number of amides is 4. The molecule has 11 atom stereocenters. The normalized spacial score (nSPS) is 34.2. The van der Waals surface area contributed by atoms with Gasteiger partial charge in [-0.05, 0) is 129 Å². The summed E-state index contributed by atoms with van der Waals surface area (Å²) in [5.41, 5.74) is 0.434.